The molecule has 0 atom stereocenters. The minimum absolute atomic E-state index is 0.535. The molecule has 3 rings (SSSR count). The molecular formula is C15H24N6. The molecule has 1 fully saturated rings. The van der Waals surface area contributed by atoms with E-state index < -0.39 is 0 Å². The molecule has 1 aliphatic rings. The fourth-order valence-corrected chi connectivity index (χ4v) is 3.07. The zero-order valence-corrected chi connectivity index (χ0v) is 13.1. The SMILES string of the molecule is CCN1CCC(N(C)c2nc(NC)cn3ccnc23)CC1. The van der Waals surface area contributed by atoms with Gasteiger partial charge < -0.3 is 19.5 Å². The molecule has 21 heavy (non-hydrogen) atoms. The molecule has 0 radical (unpaired) electrons. The van der Waals surface area contributed by atoms with Crippen LogP contribution in [0.3, 0.4) is 0 Å². The molecule has 6 heteroatoms. The van der Waals surface area contributed by atoms with Crippen LogP contribution in [-0.4, -0.2) is 59.0 Å². The fraction of sp³-hybridized carbons (Fsp3) is 0.600. The summed E-state index contributed by atoms with van der Waals surface area (Å²) in [6, 6.07) is 0.535. The van der Waals surface area contributed by atoms with Crippen LogP contribution < -0.4 is 10.2 Å². The summed E-state index contributed by atoms with van der Waals surface area (Å²) >= 11 is 0. The second kappa shape index (κ2) is 5.89. The number of hydrogen-bond donors (Lipinski definition) is 1. The van der Waals surface area contributed by atoms with Gasteiger partial charge in [-0.2, -0.15) is 0 Å². The first-order valence-electron chi connectivity index (χ1n) is 7.69. The molecule has 6 nitrogen and oxygen atoms in total. The molecule has 0 unspecified atom stereocenters. The molecule has 1 N–H and O–H groups in total. The van der Waals surface area contributed by atoms with Gasteiger partial charge >= 0.3 is 0 Å². The van der Waals surface area contributed by atoms with Gasteiger partial charge in [0, 0.05) is 45.6 Å². The van der Waals surface area contributed by atoms with Crippen molar-refractivity contribution in [2.75, 3.05) is 43.9 Å². The van der Waals surface area contributed by atoms with E-state index in [-0.39, 0.29) is 0 Å². The zero-order valence-electron chi connectivity index (χ0n) is 13.1. The highest BCUT2D eigenvalue weighted by molar-refractivity contribution is 5.66. The normalized spacial score (nSPS) is 17.3. The van der Waals surface area contributed by atoms with Crippen LogP contribution in [0.4, 0.5) is 11.6 Å². The number of rotatable bonds is 4. The Morgan fingerprint density at radius 2 is 2.14 bits per heavy atom. The Hall–Kier alpha value is -1.82. The summed E-state index contributed by atoms with van der Waals surface area (Å²) in [6.07, 6.45) is 8.13. The monoisotopic (exact) mass is 288 g/mol. The van der Waals surface area contributed by atoms with Crippen LogP contribution in [0.15, 0.2) is 18.6 Å². The van der Waals surface area contributed by atoms with Crippen molar-refractivity contribution < 1.29 is 0 Å². The van der Waals surface area contributed by atoms with Gasteiger partial charge in [0.15, 0.2) is 11.5 Å². The van der Waals surface area contributed by atoms with Gasteiger partial charge in [-0.1, -0.05) is 6.92 Å². The first-order chi connectivity index (χ1) is 10.2. The lowest BCUT2D eigenvalue weighted by atomic mass is 10.0. The summed E-state index contributed by atoms with van der Waals surface area (Å²) in [5.41, 5.74) is 0.925. The highest BCUT2D eigenvalue weighted by atomic mass is 15.3. The van der Waals surface area contributed by atoms with E-state index in [9.17, 15) is 0 Å². The lowest BCUT2D eigenvalue weighted by molar-refractivity contribution is 0.220. The first-order valence-corrected chi connectivity index (χ1v) is 7.69. The van der Waals surface area contributed by atoms with Crippen molar-refractivity contribution in [1.82, 2.24) is 19.3 Å². The van der Waals surface area contributed by atoms with E-state index in [1.54, 1.807) is 0 Å². The number of aromatic nitrogens is 3. The minimum Gasteiger partial charge on any atom is -0.372 e. The Balaban J connectivity index is 1.87. The third-order valence-electron chi connectivity index (χ3n) is 4.50. The number of nitrogens with one attached hydrogen (secondary N) is 1. The standard InChI is InChI=1S/C15H24N6/c1-4-20-8-5-12(6-9-20)19(3)15-14-17-7-10-21(14)11-13(16-2)18-15/h7,10-12,16H,4-6,8-9H2,1-3H3. The lowest BCUT2D eigenvalue weighted by Crippen LogP contribution is -2.43. The minimum atomic E-state index is 0.535. The molecule has 3 heterocycles. The summed E-state index contributed by atoms with van der Waals surface area (Å²) in [5.74, 6) is 1.83. The van der Waals surface area contributed by atoms with Crippen LogP contribution in [0.2, 0.25) is 0 Å². The molecule has 1 aliphatic heterocycles. The van der Waals surface area contributed by atoms with Gasteiger partial charge in [0.05, 0.1) is 6.20 Å². The Bertz CT molecular complexity index is 599. The first kappa shape index (κ1) is 14.1. The smallest absolute Gasteiger partial charge is 0.180 e. The third kappa shape index (κ3) is 2.68. The second-order valence-electron chi connectivity index (χ2n) is 5.63. The van der Waals surface area contributed by atoms with Crippen molar-refractivity contribution in [2.45, 2.75) is 25.8 Å². The van der Waals surface area contributed by atoms with Gasteiger partial charge in [-0.25, -0.2) is 9.97 Å². The molecule has 0 spiro atoms. The van der Waals surface area contributed by atoms with Crippen LogP contribution in [0.25, 0.3) is 5.65 Å². The van der Waals surface area contributed by atoms with Gasteiger partial charge in [-0.05, 0) is 19.4 Å². The van der Waals surface area contributed by atoms with E-state index in [1.165, 1.54) is 25.9 Å². The average molecular weight is 288 g/mol. The fourth-order valence-electron chi connectivity index (χ4n) is 3.07. The van der Waals surface area contributed by atoms with Crippen LogP contribution in [0.5, 0.6) is 0 Å². The van der Waals surface area contributed by atoms with Crippen molar-refractivity contribution >= 4 is 17.3 Å². The molecule has 0 aliphatic carbocycles. The van der Waals surface area contributed by atoms with Crippen molar-refractivity contribution in [2.24, 2.45) is 0 Å². The summed E-state index contributed by atoms with van der Waals surface area (Å²) in [4.78, 5) is 14.0. The number of piperidine rings is 1. The molecule has 114 valence electrons. The van der Waals surface area contributed by atoms with Crippen molar-refractivity contribution in [3.05, 3.63) is 18.6 Å². The van der Waals surface area contributed by atoms with E-state index in [0.29, 0.717) is 6.04 Å². The predicted molar refractivity (Wildman–Crippen MR) is 86.1 cm³/mol. The van der Waals surface area contributed by atoms with E-state index in [2.05, 4.69) is 34.1 Å². The van der Waals surface area contributed by atoms with Crippen LogP contribution in [-0.2, 0) is 0 Å². The highest BCUT2D eigenvalue weighted by Gasteiger charge is 2.24. The molecule has 0 amide bonds. The lowest BCUT2D eigenvalue weighted by Gasteiger charge is -2.36. The van der Waals surface area contributed by atoms with E-state index in [4.69, 9.17) is 4.98 Å². The van der Waals surface area contributed by atoms with Gasteiger partial charge in [0.2, 0.25) is 0 Å². The number of nitrogens with zero attached hydrogens (tertiary/aromatic N) is 5. The zero-order chi connectivity index (χ0) is 14.8. The molecule has 2 aromatic rings. The third-order valence-corrected chi connectivity index (χ3v) is 4.50. The van der Waals surface area contributed by atoms with Gasteiger partial charge in [0.1, 0.15) is 5.82 Å². The Morgan fingerprint density at radius 3 is 2.81 bits per heavy atom. The summed E-state index contributed by atoms with van der Waals surface area (Å²) in [7, 11) is 4.04. The number of fused-ring (bicyclic) bond motifs is 1. The molecule has 1 saturated heterocycles. The predicted octanol–water partition coefficient (Wildman–Crippen LogP) is 1.69. The number of anilines is 2. The van der Waals surface area contributed by atoms with Gasteiger partial charge in [0.25, 0.3) is 0 Å². The Kier molecular flexibility index (Phi) is 3.96. The molecule has 0 aromatic carbocycles. The van der Waals surface area contributed by atoms with Crippen molar-refractivity contribution in [1.29, 1.82) is 0 Å². The maximum Gasteiger partial charge on any atom is 0.180 e. The number of imidazole rings is 1. The average Bonchev–Trinajstić information content (AvgIpc) is 3.01. The van der Waals surface area contributed by atoms with Gasteiger partial charge in [-0.15, -0.1) is 0 Å². The second-order valence-corrected chi connectivity index (χ2v) is 5.63. The Labute approximate surface area is 125 Å². The molecule has 0 bridgehead atoms. The van der Waals surface area contributed by atoms with Gasteiger partial charge in [-0.3, -0.25) is 0 Å². The van der Waals surface area contributed by atoms with E-state index in [1.807, 2.05) is 30.0 Å². The largest absolute Gasteiger partial charge is 0.372 e. The highest BCUT2D eigenvalue weighted by Crippen LogP contribution is 2.25. The van der Waals surface area contributed by atoms with Crippen molar-refractivity contribution in [3.63, 3.8) is 0 Å². The molecule has 2 aromatic heterocycles. The summed E-state index contributed by atoms with van der Waals surface area (Å²) < 4.78 is 2.03. The summed E-state index contributed by atoms with van der Waals surface area (Å²) in [5, 5.41) is 3.13. The quantitative estimate of drug-likeness (QED) is 0.928. The maximum absolute atomic E-state index is 4.72. The molecular weight excluding hydrogens is 264 g/mol. The van der Waals surface area contributed by atoms with Crippen LogP contribution in [0.1, 0.15) is 19.8 Å². The Morgan fingerprint density at radius 1 is 1.38 bits per heavy atom. The van der Waals surface area contributed by atoms with Crippen LogP contribution >= 0.6 is 0 Å². The topological polar surface area (TPSA) is 48.7 Å². The van der Waals surface area contributed by atoms with E-state index in [0.717, 1.165) is 23.8 Å². The van der Waals surface area contributed by atoms with Crippen molar-refractivity contribution in [3.8, 4) is 0 Å². The molecule has 0 saturated carbocycles. The van der Waals surface area contributed by atoms with E-state index >= 15 is 0 Å². The summed E-state index contributed by atoms with van der Waals surface area (Å²) in [6.45, 7) is 5.72. The number of likely N-dealkylation sites (tertiary alicyclic amines) is 1. The number of hydrogen-bond acceptors (Lipinski definition) is 5. The van der Waals surface area contributed by atoms with Crippen LogP contribution in [0, 0.1) is 0 Å². The maximum atomic E-state index is 4.72.